The normalized spacial score (nSPS) is 13.7. The average molecular weight is 365 g/mol. The molecule has 0 saturated carbocycles. The molecule has 2 atom stereocenters. The van der Waals surface area contributed by atoms with Gasteiger partial charge in [-0.1, -0.05) is 27.7 Å². The summed E-state index contributed by atoms with van der Waals surface area (Å²) in [5.41, 5.74) is 4.98. The van der Waals surface area contributed by atoms with Crippen molar-refractivity contribution in [1.29, 1.82) is 0 Å². The molecule has 7 nitrogen and oxygen atoms in total. The number of carbonyl (C=O) groups is 3. The molecule has 0 aromatic heterocycles. The van der Waals surface area contributed by atoms with Gasteiger partial charge in [-0.3, -0.25) is 9.59 Å². The van der Waals surface area contributed by atoms with E-state index in [9.17, 15) is 14.4 Å². The van der Waals surface area contributed by atoms with Gasteiger partial charge in [0.1, 0.15) is 0 Å². The minimum atomic E-state index is -0.644. The fourth-order valence-electron chi connectivity index (χ4n) is 2.02. The molecule has 0 heterocycles. The van der Waals surface area contributed by atoms with Gasteiger partial charge in [0.05, 0.1) is 12.1 Å². The first-order valence-corrected chi connectivity index (χ1v) is 9.50. The Kier molecular flexibility index (Phi) is 11.1. The third-order valence-electron chi connectivity index (χ3n) is 3.12. The number of thiol groups is 1. The van der Waals surface area contributed by atoms with Crippen LogP contribution in [0.2, 0.25) is 0 Å². The van der Waals surface area contributed by atoms with Gasteiger partial charge in [0, 0.05) is 12.6 Å². The zero-order chi connectivity index (χ0) is 18.0. The highest BCUT2D eigenvalue weighted by molar-refractivity contribution is 8.74. The first kappa shape index (κ1) is 22.1. The zero-order valence-electron chi connectivity index (χ0n) is 14.1. The van der Waals surface area contributed by atoms with Crippen LogP contribution < -0.4 is 21.7 Å². The molecule has 0 radical (unpaired) electrons. The van der Waals surface area contributed by atoms with Crippen LogP contribution in [-0.4, -0.2) is 41.7 Å². The Morgan fingerprint density at radius 2 is 1.78 bits per heavy atom. The molecule has 0 bridgehead atoms. The molecule has 0 rings (SSSR count). The lowest BCUT2D eigenvalue weighted by Crippen LogP contribution is -2.53. The summed E-state index contributed by atoms with van der Waals surface area (Å²) < 4.78 is 0. The lowest BCUT2D eigenvalue weighted by atomic mass is 10.0. The van der Waals surface area contributed by atoms with E-state index in [-0.39, 0.29) is 29.0 Å². The number of nitrogens with one attached hydrogen (secondary N) is 3. The van der Waals surface area contributed by atoms with Gasteiger partial charge in [-0.2, -0.15) is 0 Å². The Balaban J connectivity index is 4.69. The Labute approximate surface area is 147 Å². The Hall–Kier alpha value is -0.930. The van der Waals surface area contributed by atoms with Crippen LogP contribution in [0.25, 0.3) is 0 Å². The van der Waals surface area contributed by atoms with E-state index in [4.69, 9.17) is 5.73 Å². The van der Waals surface area contributed by atoms with Crippen molar-refractivity contribution in [1.82, 2.24) is 16.0 Å². The van der Waals surface area contributed by atoms with Gasteiger partial charge in [0.15, 0.2) is 0 Å². The highest BCUT2D eigenvalue weighted by Crippen LogP contribution is 2.14. The number of carbonyl (C=O) groups excluding carboxylic acids is 3. The van der Waals surface area contributed by atoms with Crippen LogP contribution in [0, 0.1) is 5.92 Å². The van der Waals surface area contributed by atoms with Gasteiger partial charge in [-0.05, 0) is 29.6 Å². The number of nitrogens with two attached hydrogens (primary N) is 1. The summed E-state index contributed by atoms with van der Waals surface area (Å²) in [7, 11) is 0.782. The molecule has 23 heavy (non-hydrogen) atoms. The third-order valence-corrected chi connectivity index (χ3v) is 4.13. The van der Waals surface area contributed by atoms with E-state index < -0.39 is 12.1 Å². The largest absolute Gasteiger partial charge is 0.352 e. The van der Waals surface area contributed by atoms with E-state index in [1.54, 1.807) is 0 Å². The third kappa shape index (κ3) is 9.72. The molecule has 1 unspecified atom stereocenters. The molecule has 9 heteroatoms. The Morgan fingerprint density at radius 1 is 1.17 bits per heavy atom. The van der Waals surface area contributed by atoms with E-state index in [1.165, 1.54) is 0 Å². The maximum absolute atomic E-state index is 12.4. The quantitative estimate of drug-likeness (QED) is 0.226. The average Bonchev–Trinajstić information content (AvgIpc) is 2.46. The van der Waals surface area contributed by atoms with Gasteiger partial charge in [-0.25, -0.2) is 4.79 Å². The van der Waals surface area contributed by atoms with Crippen LogP contribution in [0.5, 0.6) is 0 Å². The van der Waals surface area contributed by atoms with Crippen molar-refractivity contribution < 1.29 is 14.4 Å². The lowest BCUT2D eigenvalue weighted by molar-refractivity contribution is -0.127. The summed E-state index contributed by atoms with van der Waals surface area (Å²) in [4.78, 5) is 35.0. The van der Waals surface area contributed by atoms with Crippen molar-refractivity contribution in [2.45, 2.75) is 58.7 Å². The molecule has 5 N–H and O–H groups in total. The molecule has 0 fully saturated rings. The van der Waals surface area contributed by atoms with Crippen molar-refractivity contribution in [3.63, 3.8) is 0 Å². The topological polar surface area (TPSA) is 113 Å². The van der Waals surface area contributed by atoms with Gasteiger partial charge in [0.2, 0.25) is 11.0 Å². The van der Waals surface area contributed by atoms with Gasteiger partial charge in [-0.15, -0.1) is 11.7 Å². The molecular formula is C14H28N4O3S2. The van der Waals surface area contributed by atoms with E-state index in [0.717, 1.165) is 10.8 Å². The molecule has 0 aliphatic heterocycles. The number of hydrogen-bond acceptors (Lipinski definition) is 6. The Bertz CT molecular complexity index is 405. The zero-order valence-corrected chi connectivity index (χ0v) is 15.8. The van der Waals surface area contributed by atoms with Gasteiger partial charge >= 0.3 is 6.03 Å². The van der Waals surface area contributed by atoms with Gasteiger partial charge < -0.3 is 21.7 Å². The van der Waals surface area contributed by atoms with Crippen molar-refractivity contribution >= 4 is 39.5 Å². The highest BCUT2D eigenvalue weighted by atomic mass is 33.1. The molecule has 0 aromatic rings. The predicted octanol–water partition coefficient (Wildman–Crippen LogP) is 1.05. The summed E-state index contributed by atoms with van der Waals surface area (Å²) in [5, 5.41) is 8.20. The molecule has 134 valence electrons. The summed E-state index contributed by atoms with van der Waals surface area (Å²) >= 11 is 3.91. The van der Waals surface area contributed by atoms with Crippen LogP contribution in [0.15, 0.2) is 0 Å². The smallest absolute Gasteiger partial charge is 0.312 e. The van der Waals surface area contributed by atoms with Crippen LogP contribution in [-0.2, 0) is 9.59 Å². The summed E-state index contributed by atoms with van der Waals surface area (Å²) in [6.45, 7) is 8.17. The highest BCUT2D eigenvalue weighted by Gasteiger charge is 2.27. The number of primary amides is 1. The fourth-order valence-corrected chi connectivity index (χ4v) is 2.71. The standard InChI is InChI=1S/C14H28N4O3S2/c1-8(2)11(17-9(3)4)12(19)18-10(13(20)23-22)6-5-7-16-14(15)21/h8-11,17,22H,5-7H2,1-4H3,(H,18,19)(H3,15,16,21)/t10-,11?/m0/s1. The fraction of sp³-hybridized carbons (Fsp3) is 0.786. The van der Waals surface area contributed by atoms with E-state index >= 15 is 0 Å². The van der Waals surface area contributed by atoms with Crippen LogP contribution >= 0.6 is 22.5 Å². The van der Waals surface area contributed by atoms with Crippen molar-refractivity contribution in [2.24, 2.45) is 11.7 Å². The first-order valence-electron chi connectivity index (χ1n) is 7.64. The lowest BCUT2D eigenvalue weighted by Gasteiger charge is -2.26. The predicted molar refractivity (Wildman–Crippen MR) is 97.2 cm³/mol. The first-order chi connectivity index (χ1) is 10.7. The van der Waals surface area contributed by atoms with Crippen molar-refractivity contribution in [3.8, 4) is 0 Å². The maximum atomic E-state index is 12.4. The molecule has 0 saturated heterocycles. The molecule has 0 spiro atoms. The number of rotatable bonds is 10. The number of hydrogen-bond donors (Lipinski definition) is 5. The second-order valence-electron chi connectivity index (χ2n) is 5.95. The molecule has 0 aliphatic carbocycles. The van der Waals surface area contributed by atoms with Crippen LogP contribution in [0.4, 0.5) is 4.79 Å². The van der Waals surface area contributed by atoms with Crippen molar-refractivity contribution in [2.75, 3.05) is 6.54 Å². The van der Waals surface area contributed by atoms with E-state index in [0.29, 0.717) is 19.4 Å². The van der Waals surface area contributed by atoms with Crippen LogP contribution in [0.3, 0.4) is 0 Å². The van der Waals surface area contributed by atoms with Crippen molar-refractivity contribution in [3.05, 3.63) is 0 Å². The SMILES string of the molecule is CC(C)NC(C(=O)N[C@@H](CCCNC(N)=O)C(=O)SS)C(C)C. The Morgan fingerprint density at radius 3 is 2.22 bits per heavy atom. The molecule has 3 amide bonds. The summed E-state index contributed by atoms with van der Waals surface area (Å²) in [5.74, 6) is -0.120. The minimum Gasteiger partial charge on any atom is -0.352 e. The maximum Gasteiger partial charge on any atom is 0.312 e. The van der Waals surface area contributed by atoms with E-state index in [2.05, 4.69) is 27.6 Å². The number of urea groups is 1. The molecular weight excluding hydrogens is 336 g/mol. The minimum absolute atomic E-state index is 0.0911. The summed E-state index contributed by atoms with van der Waals surface area (Å²) in [6, 6.07) is -1.48. The summed E-state index contributed by atoms with van der Waals surface area (Å²) in [6.07, 6.45) is 0.933. The second kappa shape index (κ2) is 11.6. The number of amides is 3. The van der Waals surface area contributed by atoms with Crippen LogP contribution in [0.1, 0.15) is 40.5 Å². The van der Waals surface area contributed by atoms with E-state index in [1.807, 2.05) is 27.7 Å². The molecule has 0 aliphatic rings. The van der Waals surface area contributed by atoms with Gasteiger partial charge in [0.25, 0.3) is 0 Å². The molecule has 0 aromatic carbocycles. The monoisotopic (exact) mass is 364 g/mol. The second-order valence-corrected chi connectivity index (χ2v) is 7.08.